The number of rotatable bonds is 5. The molecular weight excluding hydrogens is 378 g/mol. The van der Waals surface area contributed by atoms with Crippen molar-refractivity contribution in [3.8, 4) is 0 Å². The number of benzene rings is 1. The van der Waals surface area contributed by atoms with Crippen LogP contribution in [0, 0.1) is 5.92 Å². The topological polar surface area (TPSA) is 91.2 Å². The summed E-state index contributed by atoms with van der Waals surface area (Å²) in [5, 5.41) is 14.1. The molecular formula is C20H20ClN5O2. The summed E-state index contributed by atoms with van der Waals surface area (Å²) in [5.41, 5.74) is 1.89. The molecule has 3 heterocycles. The number of carboxylic acid groups (broad SMARTS) is 1. The van der Waals surface area contributed by atoms with E-state index in [1.807, 2.05) is 35.2 Å². The van der Waals surface area contributed by atoms with Gasteiger partial charge in [-0.2, -0.15) is 4.98 Å². The van der Waals surface area contributed by atoms with Gasteiger partial charge in [-0.1, -0.05) is 11.6 Å². The van der Waals surface area contributed by atoms with Crippen LogP contribution in [0.15, 0.2) is 42.7 Å². The zero-order valence-corrected chi connectivity index (χ0v) is 15.9. The van der Waals surface area contributed by atoms with Crippen LogP contribution in [-0.2, 0) is 11.3 Å². The van der Waals surface area contributed by atoms with Gasteiger partial charge >= 0.3 is 5.97 Å². The number of aliphatic carboxylic acids is 1. The van der Waals surface area contributed by atoms with Gasteiger partial charge in [0.2, 0.25) is 5.95 Å². The van der Waals surface area contributed by atoms with Crippen molar-refractivity contribution in [2.75, 3.05) is 23.3 Å². The Morgan fingerprint density at radius 1 is 1.18 bits per heavy atom. The summed E-state index contributed by atoms with van der Waals surface area (Å²) < 4.78 is 0. The third-order valence-corrected chi connectivity index (χ3v) is 5.22. The molecule has 0 amide bonds. The fraction of sp³-hybridized carbons (Fsp3) is 0.300. The van der Waals surface area contributed by atoms with E-state index in [1.54, 1.807) is 12.4 Å². The Hall–Kier alpha value is -2.93. The number of fused-ring (bicyclic) bond motifs is 1. The molecule has 1 aromatic carbocycles. The number of nitrogens with zero attached hydrogens (tertiary/aromatic N) is 4. The Labute approximate surface area is 167 Å². The molecule has 0 spiro atoms. The zero-order chi connectivity index (χ0) is 19.5. The van der Waals surface area contributed by atoms with Gasteiger partial charge in [-0.25, -0.2) is 4.98 Å². The number of aromatic nitrogens is 3. The van der Waals surface area contributed by atoms with Gasteiger partial charge in [-0.15, -0.1) is 0 Å². The van der Waals surface area contributed by atoms with E-state index in [0.29, 0.717) is 49.3 Å². The number of hydrogen-bond acceptors (Lipinski definition) is 6. The average molecular weight is 398 g/mol. The van der Waals surface area contributed by atoms with Crippen molar-refractivity contribution >= 4 is 40.2 Å². The van der Waals surface area contributed by atoms with Gasteiger partial charge in [0.1, 0.15) is 5.82 Å². The highest BCUT2D eigenvalue weighted by molar-refractivity contribution is 6.31. The molecule has 0 radical (unpaired) electrons. The second-order valence-electron chi connectivity index (χ2n) is 6.84. The number of piperidine rings is 1. The third-order valence-electron chi connectivity index (χ3n) is 4.98. The van der Waals surface area contributed by atoms with Crippen LogP contribution < -0.4 is 10.2 Å². The lowest BCUT2D eigenvalue weighted by atomic mass is 9.97. The van der Waals surface area contributed by atoms with Gasteiger partial charge in [0.05, 0.1) is 11.4 Å². The number of hydrogen-bond donors (Lipinski definition) is 2. The highest BCUT2D eigenvalue weighted by Gasteiger charge is 2.26. The number of halogens is 1. The SMILES string of the molecule is O=C(O)C1CCN(c2nc(NCc3ccncc3)c3cc(Cl)ccc3n2)CC1. The molecule has 1 saturated heterocycles. The Morgan fingerprint density at radius 2 is 1.93 bits per heavy atom. The minimum Gasteiger partial charge on any atom is -0.481 e. The number of carbonyl (C=O) groups is 1. The predicted molar refractivity (Wildman–Crippen MR) is 109 cm³/mol. The maximum Gasteiger partial charge on any atom is 0.306 e. The molecule has 3 aromatic rings. The van der Waals surface area contributed by atoms with Crippen LogP contribution in [0.3, 0.4) is 0 Å². The summed E-state index contributed by atoms with van der Waals surface area (Å²) in [6.07, 6.45) is 4.70. The Bertz CT molecular complexity index is 991. The molecule has 144 valence electrons. The van der Waals surface area contributed by atoms with Crippen molar-refractivity contribution < 1.29 is 9.90 Å². The molecule has 28 heavy (non-hydrogen) atoms. The molecule has 4 rings (SSSR count). The fourth-order valence-electron chi connectivity index (χ4n) is 3.38. The number of nitrogens with one attached hydrogen (secondary N) is 1. The summed E-state index contributed by atoms with van der Waals surface area (Å²) in [4.78, 5) is 26.7. The quantitative estimate of drug-likeness (QED) is 0.679. The van der Waals surface area contributed by atoms with E-state index in [2.05, 4.69) is 15.3 Å². The second kappa shape index (κ2) is 7.98. The van der Waals surface area contributed by atoms with Gasteiger partial charge in [0.15, 0.2) is 0 Å². The van der Waals surface area contributed by atoms with Gasteiger partial charge < -0.3 is 15.3 Å². The molecule has 1 fully saturated rings. The molecule has 1 aliphatic rings. The van der Waals surface area contributed by atoms with Gasteiger partial charge in [0.25, 0.3) is 0 Å². The maximum absolute atomic E-state index is 11.2. The van der Waals surface area contributed by atoms with Crippen LogP contribution in [0.1, 0.15) is 18.4 Å². The van der Waals surface area contributed by atoms with E-state index >= 15 is 0 Å². The minimum atomic E-state index is -0.728. The van der Waals surface area contributed by atoms with Crippen LogP contribution >= 0.6 is 11.6 Å². The summed E-state index contributed by atoms with van der Waals surface area (Å²) in [6, 6.07) is 9.43. The van der Waals surface area contributed by atoms with Crippen molar-refractivity contribution in [2.24, 2.45) is 5.92 Å². The maximum atomic E-state index is 11.2. The molecule has 7 nitrogen and oxygen atoms in total. The molecule has 0 saturated carbocycles. The number of carboxylic acids is 1. The second-order valence-corrected chi connectivity index (χ2v) is 7.28. The largest absolute Gasteiger partial charge is 0.481 e. The van der Waals surface area contributed by atoms with Gasteiger partial charge in [-0.3, -0.25) is 9.78 Å². The molecule has 0 atom stereocenters. The Balaban J connectivity index is 1.63. The van der Waals surface area contributed by atoms with Crippen LogP contribution in [0.2, 0.25) is 5.02 Å². The van der Waals surface area contributed by atoms with Gasteiger partial charge in [0, 0.05) is 42.4 Å². The van der Waals surface area contributed by atoms with E-state index in [-0.39, 0.29) is 5.92 Å². The molecule has 8 heteroatoms. The van der Waals surface area contributed by atoms with Crippen molar-refractivity contribution in [1.29, 1.82) is 0 Å². The number of pyridine rings is 1. The predicted octanol–water partition coefficient (Wildman–Crippen LogP) is 3.59. The standard InChI is InChI=1S/C20H20ClN5O2/c21-15-1-2-17-16(11-15)18(23-12-13-3-7-22-8-4-13)25-20(24-17)26-9-5-14(6-10-26)19(27)28/h1-4,7-8,11,14H,5-6,9-10,12H2,(H,27,28)(H,23,24,25). The zero-order valence-electron chi connectivity index (χ0n) is 15.2. The fourth-order valence-corrected chi connectivity index (χ4v) is 3.55. The van der Waals surface area contributed by atoms with Crippen molar-refractivity contribution in [3.05, 3.63) is 53.3 Å². The molecule has 0 unspecified atom stereocenters. The lowest BCUT2D eigenvalue weighted by Crippen LogP contribution is -2.37. The lowest BCUT2D eigenvalue weighted by molar-refractivity contribution is -0.142. The minimum absolute atomic E-state index is 0.292. The van der Waals surface area contributed by atoms with Crippen molar-refractivity contribution in [1.82, 2.24) is 15.0 Å². The normalized spacial score (nSPS) is 15.0. The first-order chi connectivity index (χ1) is 13.6. The number of anilines is 2. The molecule has 2 N–H and O–H groups in total. The van der Waals surface area contributed by atoms with Crippen LogP contribution in [0.4, 0.5) is 11.8 Å². The van der Waals surface area contributed by atoms with Crippen molar-refractivity contribution in [2.45, 2.75) is 19.4 Å². The monoisotopic (exact) mass is 397 g/mol. The van der Waals surface area contributed by atoms with E-state index in [9.17, 15) is 9.90 Å². The Morgan fingerprint density at radius 3 is 2.64 bits per heavy atom. The van der Waals surface area contributed by atoms with Crippen molar-refractivity contribution in [3.63, 3.8) is 0 Å². The van der Waals surface area contributed by atoms with Crippen LogP contribution in [-0.4, -0.2) is 39.1 Å². The summed E-state index contributed by atoms with van der Waals surface area (Å²) in [5.74, 6) is 0.295. The third kappa shape index (κ3) is 3.99. The average Bonchev–Trinajstić information content (AvgIpc) is 2.73. The lowest BCUT2D eigenvalue weighted by Gasteiger charge is -2.30. The highest BCUT2D eigenvalue weighted by atomic mass is 35.5. The van der Waals surface area contributed by atoms with Crippen LogP contribution in [0.5, 0.6) is 0 Å². The summed E-state index contributed by atoms with van der Waals surface area (Å²) in [6.45, 7) is 1.85. The molecule has 0 aliphatic carbocycles. The molecule has 1 aliphatic heterocycles. The first-order valence-corrected chi connectivity index (χ1v) is 9.56. The van der Waals surface area contributed by atoms with E-state index in [0.717, 1.165) is 16.5 Å². The molecule has 0 bridgehead atoms. The molecule has 2 aromatic heterocycles. The summed E-state index contributed by atoms with van der Waals surface area (Å²) in [7, 11) is 0. The highest BCUT2D eigenvalue weighted by Crippen LogP contribution is 2.28. The van der Waals surface area contributed by atoms with Gasteiger partial charge in [-0.05, 0) is 48.7 Å². The summed E-state index contributed by atoms with van der Waals surface area (Å²) >= 11 is 6.18. The smallest absolute Gasteiger partial charge is 0.306 e. The van der Waals surface area contributed by atoms with E-state index in [1.165, 1.54) is 0 Å². The van der Waals surface area contributed by atoms with E-state index in [4.69, 9.17) is 16.6 Å². The Kier molecular flexibility index (Phi) is 5.25. The first-order valence-electron chi connectivity index (χ1n) is 9.18. The van der Waals surface area contributed by atoms with E-state index < -0.39 is 5.97 Å². The first kappa shape index (κ1) is 18.4. The van der Waals surface area contributed by atoms with Crippen LogP contribution in [0.25, 0.3) is 10.9 Å².